The summed E-state index contributed by atoms with van der Waals surface area (Å²) in [7, 11) is 0. The average Bonchev–Trinajstić information content (AvgIpc) is 2.98. The zero-order valence-electron chi connectivity index (χ0n) is 11.0. The minimum atomic E-state index is -1.10. The predicted molar refractivity (Wildman–Crippen MR) is 65.9 cm³/mol. The van der Waals surface area contributed by atoms with Crippen LogP contribution in [0.1, 0.15) is 20.3 Å². The topological polar surface area (TPSA) is 74.7 Å². The molecule has 2 bridgehead atoms. The first-order valence-electron chi connectivity index (χ1n) is 6.60. The van der Waals surface area contributed by atoms with E-state index in [1.807, 2.05) is 12.2 Å². The largest absolute Gasteiger partial charge is 0.481 e. The summed E-state index contributed by atoms with van der Waals surface area (Å²) in [6.45, 7) is 3.04. The zero-order chi connectivity index (χ0) is 13.9. The quantitative estimate of drug-likeness (QED) is 0.606. The molecule has 5 nitrogen and oxygen atoms in total. The second-order valence-corrected chi connectivity index (χ2v) is 6.45. The fourth-order valence-electron chi connectivity index (χ4n) is 3.58. The van der Waals surface area contributed by atoms with Crippen LogP contribution in [0.2, 0.25) is 0 Å². The van der Waals surface area contributed by atoms with Crippen molar-refractivity contribution in [2.45, 2.75) is 20.3 Å². The lowest BCUT2D eigenvalue weighted by molar-refractivity contribution is -0.151. The van der Waals surface area contributed by atoms with E-state index in [0.717, 1.165) is 6.42 Å². The highest BCUT2D eigenvalue weighted by molar-refractivity contribution is 6.06. The van der Waals surface area contributed by atoms with Crippen LogP contribution >= 0.6 is 0 Å². The first-order chi connectivity index (χ1) is 8.83. The third-order valence-corrected chi connectivity index (χ3v) is 4.69. The highest BCUT2D eigenvalue weighted by atomic mass is 16.4. The van der Waals surface area contributed by atoms with Crippen LogP contribution in [0.5, 0.6) is 0 Å². The van der Waals surface area contributed by atoms with Gasteiger partial charge in [0.15, 0.2) is 0 Å². The highest BCUT2D eigenvalue weighted by Gasteiger charge is 2.59. The van der Waals surface area contributed by atoms with E-state index in [2.05, 4.69) is 0 Å². The number of aliphatic carboxylic acids is 1. The van der Waals surface area contributed by atoms with Crippen LogP contribution in [0.15, 0.2) is 12.2 Å². The number of imide groups is 1. The summed E-state index contributed by atoms with van der Waals surface area (Å²) in [4.78, 5) is 37.1. The number of carbonyl (C=O) groups excluding carboxylic acids is 2. The lowest BCUT2D eigenvalue weighted by atomic mass is 9.85. The van der Waals surface area contributed by atoms with Crippen molar-refractivity contribution < 1.29 is 19.5 Å². The van der Waals surface area contributed by atoms with Crippen molar-refractivity contribution in [2.24, 2.45) is 29.1 Å². The number of nitrogens with zero attached hydrogens (tertiary/aromatic N) is 1. The standard InChI is InChI=1S/C14H17NO4/c1-14(2,13(18)19)6-15-11(16)9-7-3-4-8(5-7)10(9)12(15)17/h3-4,7-10H,5-6H2,1-2H3,(H,18,19). The monoisotopic (exact) mass is 263 g/mol. The van der Waals surface area contributed by atoms with Crippen molar-refractivity contribution in [1.82, 2.24) is 4.90 Å². The predicted octanol–water partition coefficient (Wildman–Crippen LogP) is 0.904. The number of hydrogen-bond acceptors (Lipinski definition) is 3. The van der Waals surface area contributed by atoms with Crippen LogP contribution in [0, 0.1) is 29.1 Å². The van der Waals surface area contributed by atoms with E-state index in [4.69, 9.17) is 5.11 Å². The summed E-state index contributed by atoms with van der Waals surface area (Å²) in [5.41, 5.74) is -1.10. The van der Waals surface area contributed by atoms with E-state index in [-0.39, 0.29) is 42.0 Å². The maximum atomic E-state index is 12.4. The molecular weight excluding hydrogens is 246 g/mol. The molecule has 2 fully saturated rings. The van der Waals surface area contributed by atoms with Gasteiger partial charge in [0.25, 0.3) is 0 Å². The molecule has 3 aliphatic rings. The Morgan fingerprint density at radius 2 is 1.74 bits per heavy atom. The lowest BCUT2D eigenvalue weighted by Crippen LogP contribution is -2.43. The molecule has 1 N–H and O–H groups in total. The molecule has 5 heteroatoms. The first kappa shape index (κ1) is 12.4. The number of carboxylic acids is 1. The number of fused-ring (bicyclic) bond motifs is 5. The number of carboxylic acid groups (broad SMARTS) is 1. The molecule has 0 spiro atoms. The van der Waals surface area contributed by atoms with Crippen LogP contribution in [0.25, 0.3) is 0 Å². The average molecular weight is 263 g/mol. The maximum absolute atomic E-state index is 12.4. The van der Waals surface area contributed by atoms with E-state index in [0.29, 0.717) is 0 Å². The number of allylic oxidation sites excluding steroid dienone is 2. The van der Waals surface area contributed by atoms with Gasteiger partial charge in [0.05, 0.1) is 17.3 Å². The lowest BCUT2D eigenvalue weighted by Gasteiger charge is -2.26. The molecule has 1 heterocycles. The van der Waals surface area contributed by atoms with Crippen molar-refractivity contribution in [3.63, 3.8) is 0 Å². The fraction of sp³-hybridized carbons (Fsp3) is 0.643. The normalized spacial score (nSPS) is 36.2. The molecule has 4 unspecified atom stereocenters. The summed E-state index contributed by atoms with van der Waals surface area (Å²) < 4.78 is 0. The Morgan fingerprint density at radius 1 is 1.26 bits per heavy atom. The van der Waals surface area contributed by atoms with Crippen molar-refractivity contribution in [1.29, 1.82) is 0 Å². The number of hydrogen-bond donors (Lipinski definition) is 1. The molecule has 0 aromatic heterocycles. The molecule has 1 aliphatic heterocycles. The zero-order valence-corrected chi connectivity index (χ0v) is 11.0. The Morgan fingerprint density at radius 3 is 2.16 bits per heavy atom. The van der Waals surface area contributed by atoms with Gasteiger partial charge in [-0.3, -0.25) is 19.3 Å². The summed E-state index contributed by atoms with van der Waals surface area (Å²) in [5.74, 6) is -1.50. The third kappa shape index (κ3) is 1.57. The minimum Gasteiger partial charge on any atom is -0.481 e. The Labute approximate surface area is 111 Å². The van der Waals surface area contributed by atoms with Gasteiger partial charge in [-0.2, -0.15) is 0 Å². The molecule has 4 atom stereocenters. The summed E-state index contributed by atoms with van der Waals surface area (Å²) in [6.07, 6.45) is 4.95. The maximum Gasteiger partial charge on any atom is 0.310 e. The second kappa shape index (κ2) is 3.68. The molecule has 2 amide bonds. The van der Waals surface area contributed by atoms with Gasteiger partial charge in [0.1, 0.15) is 0 Å². The van der Waals surface area contributed by atoms with Gasteiger partial charge < -0.3 is 5.11 Å². The van der Waals surface area contributed by atoms with Crippen LogP contribution in [0.3, 0.4) is 0 Å². The molecule has 1 saturated heterocycles. The molecule has 1 saturated carbocycles. The van der Waals surface area contributed by atoms with E-state index < -0.39 is 11.4 Å². The first-order valence-corrected chi connectivity index (χ1v) is 6.60. The van der Waals surface area contributed by atoms with Crippen LogP contribution in [-0.4, -0.2) is 34.3 Å². The Hall–Kier alpha value is -1.65. The highest BCUT2D eigenvalue weighted by Crippen LogP contribution is 2.52. The van der Waals surface area contributed by atoms with Crippen LogP contribution in [0.4, 0.5) is 0 Å². The third-order valence-electron chi connectivity index (χ3n) is 4.69. The number of rotatable bonds is 3. The second-order valence-electron chi connectivity index (χ2n) is 6.45. The van der Waals surface area contributed by atoms with Gasteiger partial charge >= 0.3 is 5.97 Å². The van der Waals surface area contributed by atoms with E-state index in [9.17, 15) is 14.4 Å². The Bertz CT molecular complexity index is 478. The van der Waals surface area contributed by atoms with E-state index in [1.165, 1.54) is 18.7 Å². The summed E-state index contributed by atoms with van der Waals surface area (Å²) in [6, 6.07) is 0. The van der Waals surface area contributed by atoms with Crippen LogP contribution < -0.4 is 0 Å². The summed E-state index contributed by atoms with van der Waals surface area (Å²) >= 11 is 0. The molecule has 19 heavy (non-hydrogen) atoms. The number of carbonyl (C=O) groups is 3. The van der Waals surface area contributed by atoms with Gasteiger partial charge in [-0.1, -0.05) is 12.2 Å². The van der Waals surface area contributed by atoms with Gasteiger partial charge in [0.2, 0.25) is 11.8 Å². The minimum absolute atomic E-state index is 0.0353. The SMILES string of the molecule is CC(C)(CN1C(=O)C2C3C=CC(C3)C2C1=O)C(=O)O. The van der Waals surface area contributed by atoms with Crippen molar-refractivity contribution in [3.05, 3.63) is 12.2 Å². The van der Waals surface area contributed by atoms with Gasteiger partial charge in [0, 0.05) is 6.54 Å². The van der Waals surface area contributed by atoms with Gasteiger partial charge in [-0.15, -0.1) is 0 Å². The molecular formula is C14H17NO4. The van der Waals surface area contributed by atoms with Crippen molar-refractivity contribution in [3.8, 4) is 0 Å². The molecule has 2 aliphatic carbocycles. The smallest absolute Gasteiger partial charge is 0.310 e. The molecule has 102 valence electrons. The molecule has 0 radical (unpaired) electrons. The van der Waals surface area contributed by atoms with Crippen molar-refractivity contribution in [2.75, 3.05) is 6.54 Å². The number of amides is 2. The van der Waals surface area contributed by atoms with E-state index >= 15 is 0 Å². The molecule has 3 rings (SSSR count). The van der Waals surface area contributed by atoms with E-state index in [1.54, 1.807) is 0 Å². The Kier molecular flexibility index (Phi) is 2.40. The Balaban J connectivity index is 1.85. The molecule has 0 aromatic carbocycles. The van der Waals surface area contributed by atoms with Gasteiger partial charge in [-0.25, -0.2) is 0 Å². The summed E-state index contributed by atoms with van der Waals surface area (Å²) in [5, 5.41) is 9.13. The van der Waals surface area contributed by atoms with Gasteiger partial charge in [-0.05, 0) is 32.1 Å². The molecule has 0 aromatic rings. The fourth-order valence-corrected chi connectivity index (χ4v) is 3.58. The number of likely N-dealkylation sites (tertiary alicyclic amines) is 1. The van der Waals surface area contributed by atoms with Crippen LogP contribution in [-0.2, 0) is 14.4 Å². The van der Waals surface area contributed by atoms with Crippen molar-refractivity contribution >= 4 is 17.8 Å².